The molecular formula is C21H27N5O4S. The maximum absolute atomic E-state index is 11.7. The van der Waals surface area contributed by atoms with Gasteiger partial charge in [0.15, 0.2) is 16.9 Å². The number of hydrogen-bond donors (Lipinski definition) is 3. The number of nitrogens with one attached hydrogen (secondary N) is 2. The fraction of sp³-hybridized carbons (Fsp3) is 0.476. The lowest BCUT2D eigenvalue weighted by Gasteiger charge is -2.29. The van der Waals surface area contributed by atoms with Gasteiger partial charge >= 0.3 is 6.03 Å². The molecule has 1 atom stereocenters. The normalized spacial score (nSPS) is 18.3. The van der Waals surface area contributed by atoms with Crippen LogP contribution in [0.3, 0.4) is 0 Å². The van der Waals surface area contributed by atoms with Crippen molar-refractivity contribution in [3.05, 3.63) is 36.0 Å². The zero-order valence-corrected chi connectivity index (χ0v) is 18.3. The maximum Gasteiger partial charge on any atom is 0.319 e. The highest BCUT2D eigenvalue weighted by Gasteiger charge is 2.47. The summed E-state index contributed by atoms with van der Waals surface area (Å²) in [6.45, 7) is 5.17. The van der Waals surface area contributed by atoms with E-state index in [-0.39, 0.29) is 17.2 Å². The highest BCUT2D eigenvalue weighted by atomic mass is 32.2. The zero-order chi connectivity index (χ0) is 21.8. The van der Waals surface area contributed by atoms with E-state index in [2.05, 4.69) is 15.5 Å². The second-order valence-electron chi connectivity index (χ2n) is 7.84. The molecule has 1 aromatic heterocycles. The number of hydrogen-bond acceptors (Lipinski definition) is 6. The molecule has 0 spiro atoms. The van der Waals surface area contributed by atoms with E-state index in [0.717, 1.165) is 43.0 Å². The highest BCUT2D eigenvalue weighted by molar-refractivity contribution is 7.79. The Morgan fingerprint density at radius 1 is 1.23 bits per heavy atom. The van der Waals surface area contributed by atoms with Crippen LogP contribution in [-0.4, -0.2) is 63.4 Å². The third kappa shape index (κ3) is 5.20. The summed E-state index contributed by atoms with van der Waals surface area (Å²) in [5, 5.41) is 5.47. The minimum Gasteiger partial charge on any atom is -0.378 e. The topological polar surface area (TPSA) is 117 Å². The Morgan fingerprint density at radius 3 is 2.55 bits per heavy atom. The summed E-state index contributed by atoms with van der Waals surface area (Å²) >= 11 is -1.89. The van der Waals surface area contributed by atoms with Gasteiger partial charge < -0.3 is 24.8 Å². The van der Waals surface area contributed by atoms with E-state index < -0.39 is 11.1 Å². The zero-order valence-electron chi connectivity index (χ0n) is 17.5. The van der Waals surface area contributed by atoms with E-state index in [1.54, 1.807) is 0 Å². The number of nitrogens with zero attached hydrogens (tertiary/aromatic N) is 3. The number of aromatic nitrogens is 2. The van der Waals surface area contributed by atoms with Crippen molar-refractivity contribution in [1.29, 1.82) is 0 Å². The van der Waals surface area contributed by atoms with E-state index in [1.165, 1.54) is 0 Å². The summed E-state index contributed by atoms with van der Waals surface area (Å²) in [6.07, 6.45) is 1.68. The maximum atomic E-state index is 11.7. The van der Waals surface area contributed by atoms with E-state index in [4.69, 9.17) is 14.7 Å². The molecule has 2 fully saturated rings. The summed E-state index contributed by atoms with van der Waals surface area (Å²) in [4.78, 5) is 23.5. The van der Waals surface area contributed by atoms with Crippen LogP contribution in [0.5, 0.6) is 0 Å². The van der Waals surface area contributed by atoms with Crippen LogP contribution in [0.25, 0.3) is 11.4 Å². The van der Waals surface area contributed by atoms with Crippen molar-refractivity contribution in [2.24, 2.45) is 0 Å². The summed E-state index contributed by atoms with van der Waals surface area (Å²) < 4.78 is 26.5. The van der Waals surface area contributed by atoms with Crippen molar-refractivity contribution in [3.8, 4) is 11.4 Å². The summed E-state index contributed by atoms with van der Waals surface area (Å²) in [7, 11) is 0. The number of ether oxygens (including phenoxy) is 1. The molecule has 1 saturated carbocycles. The molecule has 2 amide bonds. The molecule has 1 saturated heterocycles. The predicted octanol–water partition coefficient (Wildman–Crippen LogP) is 2.37. The van der Waals surface area contributed by atoms with E-state index in [1.807, 2.05) is 37.3 Å². The number of urea groups is 1. The Labute approximate surface area is 183 Å². The molecule has 2 heterocycles. The van der Waals surface area contributed by atoms with Gasteiger partial charge in [-0.25, -0.2) is 19.0 Å². The first kappa shape index (κ1) is 21.7. The van der Waals surface area contributed by atoms with Crippen molar-refractivity contribution in [3.63, 3.8) is 0 Å². The Kier molecular flexibility index (Phi) is 6.49. The molecule has 0 radical (unpaired) electrons. The summed E-state index contributed by atoms with van der Waals surface area (Å²) in [5.74, 6) is 1.56. The molecule has 9 nitrogen and oxygen atoms in total. The predicted molar refractivity (Wildman–Crippen MR) is 120 cm³/mol. The Balaban J connectivity index is 1.65. The number of amides is 2. The van der Waals surface area contributed by atoms with Gasteiger partial charge in [-0.2, -0.15) is 0 Å². The van der Waals surface area contributed by atoms with Gasteiger partial charge in [0.05, 0.1) is 24.7 Å². The van der Waals surface area contributed by atoms with Gasteiger partial charge in [-0.1, -0.05) is 0 Å². The average Bonchev–Trinajstić information content (AvgIpc) is 3.55. The van der Waals surface area contributed by atoms with Crippen molar-refractivity contribution in [2.75, 3.05) is 48.8 Å². The Hall–Kier alpha value is -2.56. The van der Waals surface area contributed by atoms with Crippen LogP contribution in [0.15, 0.2) is 30.3 Å². The first-order valence-electron chi connectivity index (χ1n) is 10.4. The molecular weight excluding hydrogens is 418 g/mol. The largest absolute Gasteiger partial charge is 0.378 e. The van der Waals surface area contributed by atoms with Gasteiger partial charge in [0, 0.05) is 42.4 Å². The lowest BCUT2D eigenvalue weighted by molar-refractivity contribution is 0.122. The first-order valence-corrected chi connectivity index (χ1v) is 11.7. The van der Waals surface area contributed by atoms with E-state index >= 15 is 0 Å². The molecule has 0 bridgehead atoms. The van der Waals surface area contributed by atoms with E-state index in [9.17, 15) is 13.6 Å². The molecule has 1 aliphatic heterocycles. The molecule has 166 valence electrons. The van der Waals surface area contributed by atoms with E-state index in [0.29, 0.717) is 31.3 Å². The first-order chi connectivity index (χ1) is 15.0. The number of rotatable bonds is 7. The van der Waals surface area contributed by atoms with Crippen molar-refractivity contribution in [1.82, 2.24) is 15.3 Å². The van der Waals surface area contributed by atoms with Crippen LogP contribution in [-0.2, 0) is 21.2 Å². The van der Waals surface area contributed by atoms with Crippen molar-refractivity contribution >= 4 is 28.6 Å². The molecule has 1 unspecified atom stereocenters. The minimum atomic E-state index is -1.89. The molecule has 10 heteroatoms. The number of anilines is 2. The van der Waals surface area contributed by atoms with Crippen LogP contribution >= 0.6 is 0 Å². The van der Waals surface area contributed by atoms with Crippen molar-refractivity contribution < 1.29 is 18.3 Å². The second kappa shape index (κ2) is 9.29. The van der Waals surface area contributed by atoms with Gasteiger partial charge in [0.25, 0.3) is 0 Å². The third-order valence-corrected chi connectivity index (χ3v) is 6.38. The Bertz CT molecular complexity index is 959. The van der Waals surface area contributed by atoms with Gasteiger partial charge in [-0.15, -0.1) is 0 Å². The minimum absolute atomic E-state index is 0.182. The van der Waals surface area contributed by atoms with Gasteiger partial charge in [-0.3, -0.25) is 0 Å². The number of carbonyl (C=O) groups is 1. The van der Waals surface area contributed by atoms with Crippen molar-refractivity contribution in [2.45, 2.75) is 25.2 Å². The quantitative estimate of drug-likeness (QED) is 0.560. The fourth-order valence-electron chi connectivity index (χ4n) is 3.69. The van der Waals surface area contributed by atoms with Crippen LogP contribution < -0.4 is 15.5 Å². The highest BCUT2D eigenvalue weighted by Crippen LogP contribution is 2.48. The fourth-order valence-corrected chi connectivity index (χ4v) is 4.60. The third-order valence-electron chi connectivity index (χ3n) is 5.58. The van der Waals surface area contributed by atoms with Crippen LogP contribution in [0.1, 0.15) is 25.5 Å². The number of morpholine rings is 1. The molecule has 1 aliphatic carbocycles. The van der Waals surface area contributed by atoms with Gasteiger partial charge in [-0.05, 0) is 44.0 Å². The molecule has 2 aliphatic rings. The molecule has 2 aromatic rings. The average molecular weight is 446 g/mol. The summed E-state index contributed by atoms with van der Waals surface area (Å²) in [6, 6.07) is 9.06. The lowest BCUT2D eigenvalue weighted by atomic mass is 10.0. The standard InChI is InChI=1S/C21H27N5O4S/c1-2-22-20(27)23-16-5-3-15(4-6-16)19-24-17(21(7-8-21)14-31(28)29)13-18(25-19)26-9-11-30-12-10-26/h3-6,13H,2,7-12,14H2,1H3,(H,28,29)(H2,22,23,27). The molecule has 3 N–H and O–H groups in total. The second-order valence-corrected chi connectivity index (χ2v) is 8.77. The van der Waals surface area contributed by atoms with Crippen LogP contribution in [0.4, 0.5) is 16.3 Å². The van der Waals surface area contributed by atoms with Gasteiger partial charge in [0.2, 0.25) is 0 Å². The number of benzene rings is 1. The lowest BCUT2D eigenvalue weighted by Crippen LogP contribution is -2.37. The monoisotopic (exact) mass is 445 g/mol. The molecule has 31 heavy (non-hydrogen) atoms. The smallest absolute Gasteiger partial charge is 0.319 e. The van der Waals surface area contributed by atoms with Crippen LogP contribution in [0, 0.1) is 0 Å². The Morgan fingerprint density at radius 2 is 1.94 bits per heavy atom. The van der Waals surface area contributed by atoms with Gasteiger partial charge in [0.1, 0.15) is 5.82 Å². The van der Waals surface area contributed by atoms with Crippen LogP contribution in [0.2, 0.25) is 0 Å². The SMILES string of the molecule is CCNC(=O)Nc1ccc(-c2nc(N3CCOCC3)cc(C3(CS(=O)O)CC3)n2)cc1. The number of carbonyl (C=O) groups excluding carboxylic acids is 1. The summed E-state index contributed by atoms with van der Waals surface area (Å²) in [5.41, 5.74) is 1.94. The molecule has 4 rings (SSSR count). The molecule has 1 aromatic carbocycles.